The van der Waals surface area contributed by atoms with E-state index in [2.05, 4.69) is 9.97 Å². The zero-order chi connectivity index (χ0) is 22.4. The number of benzene rings is 1. The predicted octanol–water partition coefficient (Wildman–Crippen LogP) is -3.59. The number of fused-ring (bicyclic) bond motifs is 1. The van der Waals surface area contributed by atoms with Gasteiger partial charge in [0, 0.05) is 18.6 Å². The van der Waals surface area contributed by atoms with Crippen LogP contribution in [-0.2, 0) is 11.2 Å². The molecule has 1 fully saturated rings. The number of rotatable bonds is 6. The molecule has 2 aromatic rings. The molecule has 30 heavy (non-hydrogen) atoms. The molecular formula is C17H19F2N3O8. The fourth-order valence-corrected chi connectivity index (χ4v) is 3.71. The Hall–Kier alpha value is -2.55. The van der Waals surface area contributed by atoms with E-state index in [0.29, 0.717) is 12.1 Å². The molecule has 1 aliphatic rings. The number of aliphatic hydroxyl groups is 6. The molecular weight excluding hydrogens is 412 g/mol. The first-order chi connectivity index (χ1) is 14.0. The third-order valence-corrected chi connectivity index (χ3v) is 5.36. The number of H-pyrrole nitrogens is 1. The van der Waals surface area contributed by atoms with Crippen molar-refractivity contribution in [2.45, 2.75) is 35.9 Å². The number of nitrogens with one attached hydrogen (secondary N) is 2. The Morgan fingerprint density at radius 3 is 2.50 bits per heavy atom. The van der Waals surface area contributed by atoms with E-state index in [4.69, 9.17) is 5.11 Å². The molecule has 8 N–H and O–H groups in total. The minimum atomic E-state index is -2.80. The Balaban J connectivity index is 2.07. The number of aromatic amines is 1. The molecule has 3 rings (SSSR count). The van der Waals surface area contributed by atoms with Gasteiger partial charge in [-0.1, -0.05) is 0 Å². The van der Waals surface area contributed by atoms with E-state index in [1.165, 1.54) is 0 Å². The average molecular weight is 431 g/mol. The van der Waals surface area contributed by atoms with Crippen LogP contribution in [0.2, 0.25) is 0 Å². The molecule has 0 saturated heterocycles. The zero-order valence-electron chi connectivity index (χ0n) is 15.2. The number of nitrogens with zero attached hydrogens (tertiary/aromatic N) is 1. The normalized spacial score (nSPS) is 29.5. The van der Waals surface area contributed by atoms with Crippen LogP contribution < -0.4 is 10.9 Å². The lowest BCUT2D eigenvalue weighted by Gasteiger charge is -2.62. The summed E-state index contributed by atoms with van der Waals surface area (Å²) in [5, 5.41) is 62.0. The molecule has 1 saturated carbocycles. The number of aromatic nitrogens is 2. The molecule has 0 aliphatic heterocycles. The van der Waals surface area contributed by atoms with Crippen molar-refractivity contribution >= 4 is 16.9 Å². The van der Waals surface area contributed by atoms with Gasteiger partial charge in [-0.05, 0) is 0 Å². The summed E-state index contributed by atoms with van der Waals surface area (Å²) in [6, 6.07) is -0.296. The number of halogens is 2. The van der Waals surface area contributed by atoms with Crippen LogP contribution in [0.15, 0.2) is 16.9 Å². The lowest BCUT2D eigenvalue weighted by Crippen LogP contribution is -2.89. The van der Waals surface area contributed by atoms with Crippen LogP contribution in [0, 0.1) is 11.6 Å². The van der Waals surface area contributed by atoms with Crippen LogP contribution >= 0.6 is 0 Å². The number of amides is 1. The molecule has 5 atom stereocenters. The molecule has 1 aromatic carbocycles. The van der Waals surface area contributed by atoms with Gasteiger partial charge in [0.2, 0.25) is 5.91 Å². The van der Waals surface area contributed by atoms with Gasteiger partial charge < -0.3 is 40.9 Å². The van der Waals surface area contributed by atoms with Crippen molar-refractivity contribution in [2.75, 3.05) is 13.2 Å². The van der Waals surface area contributed by atoms with Gasteiger partial charge in [0.25, 0.3) is 5.56 Å². The summed E-state index contributed by atoms with van der Waals surface area (Å²) in [7, 11) is 0. The Morgan fingerprint density at radius 2 is 1.90 bits per heavy atom. The lowest BCUT2D eigenvalue weighted by molar-refractivity contribution is -0.335. The van der Waals surface area contributed by atoms with Crippen LogP contribution in [0.3, 0.4) is 0 Å². The SMILES string of the molecule is O=C(CO)N[C@H]1C(O)C(O)([C@H](O)CO)C1(O)Cc1nc2cc(F)c(F)cc2[nH]c1=O. The van der Waals surface area contributed by atoms with Crippen LogP contribution in [0.5, 0.6) is 0 Å². The average Bonchev–Trinajstić information content (AvgIpc) is 2.72. The molecule has 11 nitrogen and oxygen atoms in total. The lowest BCUT2D eigenvalue weighted by atomic mass is 9.55. The van der Waals surface area contributed by atoms with Crippen molar-refractivity contribution in [2.24, 2.45) is 0 Å². The molecule has 1 amide bonds. The Morgan fingerprint density at radius 1 is 1.27 bits per heavy atom. The largest absolute Gasteiger partial charge is 0.394 e. The summed E-state index contributed by atoms with van der Waals surface area (Å²) in [6.07, 6.45) is -4.96. The first-order valence-corrected chi connectivity index (χ1v) is 8.69. The highest BCUT2D eigenvalue weighted by molar-refractivity contribution is 5.78. The molecule has 164 valence electrons. The summed E-state index contributed by atoms with van der Waals surface area (Å²) in [5.74, 6) is -3.54. The first-order valence-electron chi connectivity index (χ1n) is 8.69. The zero-order valence-corrected chi connectivity index (χ0v) is 15.2. The van der Waals surface area contributed by atoms with E-state index < -0.39 is 77.9 Å². The highest BCUT2D eigenvalue weighted by Gasteiger charge is 2.74. The van der Waals surface area contributed by atoms with E-state index in [0.717, 1.165) is 0 Å². The molecule has 0 bridgehead atoms. The van der Waals surface area contributed by atoms with Crippen molar-refractivity contribution in [3.63, 3.8) is 0 Å². The topological polar surface area (TPSA) is 196 Å². The first kappa shape index (κ1) is 22.1. The number of hydrogen-bond acceptors (Lipinski definition) is 9. The summed E-state index contributed by atoms with van der Waals surface area (Å²) >= 11 is 0. The van der Waals surface area contributed by atoms with Gasteiger partial charge in [-0.25, -0.2) is 13.8 Å². The minimum absolute atomic E-state index is 0.154. The number of carbonyl (C=O) groups is 1. The maximum Gasteiger partial charge on any atom is 0.270 e. The standard InChI is InChI=1S/C17H19F2N3O8/c18-6-1-8-9(2-7(6)19)21-15(28)10(20-8)3-16(29)13(22-12(26)5-24)14(27)17(16,30)11(25)4-23/h1-2,11,13-14,23-25,27,29-30H,3-5H2,(H,21,28)(H,22,26)/t11-,13+,14?,16?,17?/m1/s1. The number of carbonyl (C=O) groups excluding carboxylic acids is 1. The van der Waals surface area contributed by atoms with Gasteiger partial charge in [0.05, 0.1) is 23.7 Å². The molecule has 0 spiro atoms. The second kappa shape index (κ2) is 7.61. The van der Waals surface area contributed by atoms with Crippen molar-refractivity contribution in [3.8, 4) is 0 Å². The molecule has 1 aliphatic carbocycles. The van der Waals surface area contributed by atoms with Crippen LogP contribution in [0.1, 0.15) is 5.69 Å². The minimum Gasteiger partial charge on any atom is -0.394 e. The third-order valence-electron chi connectivity index (χ3n) is 5.36. The van der Waals surface area contributed by atoms with E-state index in [9.17, 15) is 43.9 Å². The molecule has 13 heteroatoms. The quantitative estimate of drug-likeness (QED) is 0.228. The van der Waals surface area contributed by atoms with Crippen LogP contribution in [0.25, 0.3) is 11.0 Å². The van der Waals surface area contributed by atoms with Crippen molar-refractivity contribution < 1.29 is 44.2 Å². The predicted molar refractivity (Wildman–Crippen MR) is 94.0 cm³/mol. The van der Waals surface area contributed by atoms with Gasteiger partial charge in [0.1, 0.15) is 30.1 Å². The Kier molecular flexibility index (Phi) is 5.62. The van der Waals surface area contributed by atoms with Crippen molar-refractivity contribution in [1.82, 2.24) is 15.3 Å². The summed E-state index contributed by atoms with van der Waals surface area (Å²) in [5.41, 5.74) is -7.25. The highest BCUT2D eigenvalue weighted by Crippen LogP contribution is 2.47. The maximum atomic E-state index is 13.5. The van der Waals surface area contributed by atoms with E-state index in [-0.39, 0.29) is 11.0 Å². The molecule has 1 aromatic heterocycles. The summed E-state index contributed by atoms with van der Waals surface area (Å²) in [4.78, 5) is 29.9. The molecule has 3 unspecified atom stereocenters. The van der Waals surface area contributed by atoms with Gasteiger partial charge in [-0.2, -0.15) is 0 Å². The Bertz CT molecular complexity index is 1050. The molecule has 1 heterocycles. The fraction of sp³-hybridized carbons (Fsp3) is 0.471. The summed E-state index contributed by atoms with van der Waals surface area (Å²) < 4.78 is 26.9. The maximum absolute atomic E-state index is 13.5. The number of hydrogen-bond donors (Lipinski definition) is 8. The van der Waals surface area contributed by atoms with E-state index in [1.54, 1.807) is 0 Å². The van der Waals surface area contributed by atoms with Gasteiger partial charge >= 0.3 is 0 Å². The second-order valence-electron chi connectivity index (χ2n) is 7.07. The summed E-state index contributed by atoms with van der Waals surface area (Å²) in [6.45, 7) is -2.12. The van der Waals surface area contributed by atoms with Crippen molar-refractivity contribution in [3.05, 3.63) is 39.8 Å². The highest BCUT2D eigenvalue weighted by atomic mass is 19.2. The Labute approximate surface area is 166 Å². The second-order valence-corrected chi connectivity index (χ2v) is 7.07. The smallest absolute Gasteiger partial charge is 0.270 e. The third kappa shape index (κ3) is 3.15. The van der Waals surface area contributed by atoms with Gasteiger partial charge in [-0.3, -0.25) is 9.59 Å². The fourth-order valence-electron chi connectivity index (χ4n) is 3.71. The van der Waals surface area contributed by atoms with Crippen LogP contribution in [0.4, 0.5) is 8.78 Å². The van der Waals surface area contributed by atoms with E-state index >= 15 is 0 Å². The van der Waals surface area contributed by atoms with Crippen molar-refractivity contribution in [1.29, 1.82) is 0 Å². The van der Waals surface area contributed by atoms with Gasteiger partial charge in [-0.15, -0.1) is 0 Å². The van der Waals surface area contributed by atoms with Crippen LogP contribution in [-0.4, -0.2) is 89.2 Å². The monoisotopic (exact) mass is 431 g/mol. The number of aliphatic hydroxyl groups excluding tert-OH is 4. The van der Waals surface area contributed by atoms with Gasteiger partial charge in [0.15, 0.2) is 17.2 Å². The van der Waals surface area contributed by atoms with E-state index in [1.807, 2.05) is 5.32 Å². The molecule has 0 radical (unpaired) electrons.